The van der Waals surface area contributed by atoms with Crippen molar-refractivity contribution in [2.75, 3.05) is 17.5 Å². The zero-order valence-corrected chi connectivity index (χ0v) is 26.8. The third kappa shape index (κ3) is 8.18. The van der Waals surface area contributed by atoms with E-state index in [4.69, 9.17) is 27.9 Å². The number of ether oxygens (including phenoxy) is 1. The van der Waals surface area contributed by atoms with Gasteiger partial charge in [0.05, 0.1) is 17.2 Å². The standard InChI is InChI=1S/C31H37Cl2N3O5S/c1-6-26(30(38)34-31(3,4)5)35(20-23-24(32)16-13-17-25(23)33)29(37)21-36(27-18-11-12-19-28(27)41-7-2)42(39,40)22-14-9-8-10-15-22/h8-19,26H,6-7,20-21H2,1-5H3,(H,34,38). The summed E-state index contributed by atoms with van der Waals surface area (Å²) in [7, 11) is -4.24. The lowest BCUT2D eigenvalue weighted by molar-refractivity contribution is -0.141. The average Bonchev–Trinajstić information content (AvgIpc) is 2.93. The molecule has 226 valence electrons. The maximum absolute atomic E-state index is 14.3. The van der Waals surface area contributed by atoms with Crippen molar-refractivity contribution in [3.63, 3.8) is 0 Å². The molecule has 11 heteroatoms. The second-order valence-corrected chi connectivity index (χ2v) is 13.3. The fourth-order valence-corrected chi connectivity index (χ4v) is 6.36. The summed E-state index contributed by atoms with van der Waals surface area (Å²) in [6.07, 6.45) is 0.261. The lowest BCUT2D eigenvalue weighted by Gasteiger charge is -2.35. The number of halogens is 2. The van der Waals surface area contributed by atoms with Crippen LogP contribution in [0.15, 0.2) is 77.7 Å². The van der Waals surface area contributed by atoms with E-state index in [0.29, 0.717) is 21.4 Å². The molecule has 1 N–H and O–H groups in total. The van der Waals surface area contributed by atoms with E-state index in [9.17, 15) is 18.0 Å². The Kier molecular flexibility index (Phi) is 11.3. The van der Waals surface area contributed by atoms with Crippen molar-refractivity contribution < 1.29 is 22.7 Å². The molecule has 0 aliphatic rings. The quantitative estimate of drug-likeness (QED) is 0.252. The number of carbonyl (C=O) groups excluding carboxylic acids is 2. The van der Waals surface area contributed by atoms with Crippen LogP contribution in [0.2, 0.25) is 10.0 Å². The molecule has 42 heavy (non-hydrogen) atoms. The van der Waals surface area contributed by atoms with Crippen molar-refractivity contribution in [2.24, 2.45) is 0 Å². The van der Waals surface area contributed by atoms with Gasteiger partial charge in [0.25, 0.3) is 10.0 Å². The molecule has 3 aromatic carbocycles. The van der Waals surface area contributed by atoms with Crippen LogP contribution in [0, 0.1) is 0 Å². The zero-order valence-electron chi connectivity index (χ0n) is 24.4. The van der Waals surface area contributed by atoms with Gasteiger partial charge in [-0.2, -0.15) is 0 Å². The Balaban J connectivity index is 2.15. The number of hydrogen-bond donors (Lipinski definition) is 1. The SMILES string of the molecule is CCOc1ccccc1N(CC(=O)N(Cc1c(Cl)cccc1Cl)C(CC)C(=O)NC(C)(C)C)S(=O)(=O)c1ccccc1. The van der Waals surface area contributed by atoms with Crippen LogP contribution in [0.1, 0.15) is 46.6 Å². The summed E-state index contributed by atoms with van der Waals surface area (Å²) in [5, 5.41) is 3.58. The maximum atomic E-state index is 14.3. The minimum Gasteiger partial charge on any atom is -0.492 e. The van der Waals surface area contributed by atoms with E-state index in [1.807, 2.05) is 20.8 Å². The van der Waals surface area contributed by atoms with Gasteiger partial charge in [0.15, 0.2) is 0 Å². The molecule has 0 spiro atoms. The van der Waals surface area contributed by atoms with E-state index in [-0.39, 0.29) is 36.1 Å². The zero-order chi connectivity index (χ0) is 31.1. The van der Waals surface area contributed by atoms with Gasteiger partial charge >= 0.3 is 0 Å². The van der Waals surface area contributed by atoms with E-state index in [1.54, 1.807) is 74.5 Å². The Morgan fingerprint density at radius 3 is 2.07 bits per heavy atom. The molecule has 1 atom stereocenters. The minimum atomic E-state index is -4.24. The number of carbonyl (C=O) groups is 2. The first-order valence-electron chi connectivity index (χ1n) is 13.6. The second-order valence-electron chi connectivity index (χ2n) is 10.6. The van der Waals surface area contributed by atoms with Crippen LogP contribution in [0.25, 0.3) is 0 Å². The monoisotopic (exact) mass is 633 g/mol. The van der Waals surface area contributed by atoms with Crippen molar-refractivity contribution >= 4 is 50.7 Å². The van der Waals surface area contributed by atoms with Gasteiger partial charge < -0.3 is 15.0 Å². The number of anilines is 1. The molecule has 0 heterocycles. The van der Waals surface area contributed by atoms with Gasteiger partial charge in [-0.05, 0) is 70.5 Å². The topological polar surface area (TPSA) is 96.0 Å². The summed E-state index contributed by atoms with van der Waals surface area (Å²) in [5.41, 5.74) is 0.0724. The first-order valence-corrected chi connectivity index (χ1v) is 15.8. The number of nitrogens with one attached hydrogen (secondary N) is 1. The molecular formula is C31H37Cl2N3O5S. The van der Waals surface area contributed by atoms with Crippen LogP contribution in [0.3, 0.4) is 0 Å². The molecule has 0 fully saturated rings. The molecule has 2 amide bonds. The van der Waals surface area contributed by atoms with Crippen molar-refractivity contribution in [2.45, 2.75) is 64.1 Å². The molecule has 8 nitrogen and oxygen atoms in total. The van der Waals surface area contributed by atoms with Gasteiger partial charge in [-0.3, -0.25) is 13.9 Å². The van der Waals surface area contributed by atoms with Gasteiger partial charge in [0.2, 0.25) is 11.8 Å². The number of hydrogen-bond acceptors (Lipinski definition) is 5. The highest BCUT2D eigenvalue weighted by atomic mass is 35.5. The van der Waals surface area contributed by atoms with Gasteiger partial charge in [-0.15, -0.1) is 0 Å². The summed E-state index contributed by atoms with van der Waals surface area (Å²) in [4.78, 5) is 29.1. The molecule has 3 aromatic rings. The van der Waals surface area contributed by atoms with Crippen LogP contribution in [-0.2, 0) is 26.2 Å². The van der Waals surface area contributed by atoms with Crippen LogP contribution < -0.4 is 14.4 Å². The molecule has 0 aliphatic heterocycles. The van der Waals surface area contributed by atoms with E-state index in [1.165, 1.54) is 17.0 Å². The van der Waals surface area contributed by atoms with Crippen LogP contribution in [0.5, 0.6) is 5.75 Å². The number of nitrogens with zero attached hydrogens (tertiary/aromatic N) is 2. The van der Waals surface area contributed by atoms with Crippen molar-refractivity contribution in [1.29, 1.82) is 0 Å². The second kappa shape index (κ2) is 14.3. The summed E-state index contributed by atoms with van der Waals surface area (Å²) in [5.74, 6) is -0.702. The molecule has 0 radical (unpaired) electrons. The maximum Gasteiger partial charge on any atom is 0.264 e. The molecule has 0 aromatic heterocycles. The lowest BCUT2D eigenvalue weighted by atomic mass is 10.1. The fraction of sp³-hybridized carbons (Fsp3) is 0.355. The van der Waals surface area contributed by atoms with Crippen molar-refractivity contribution in [3.05, 3.63) is 88.4 Å². The molecule has 0 saturated carbocycles. The van der Waals surface area contributed by atoms with Crippen LogP contribution in [-0.4, -0.2) is 49.9 Å². The smallest absolute Gasteiger partial charge is 0.264 e. The lowest BCUT2D eigenvalue weighted by Crippen LogP contribution is -2.55. The average molecular weight is 635 g/mol. The van der Waals surface area contributed by atoms with E-state index in [0.717, 1.165) is 4.31 Å². The normalized spacial score (nSPS) is 12.4. The van der Waals surface area contributed by atoms with Gasteiger partial charge in [0, 0.05) is 27.7 Å². The number of sulfonamides is 1. The molecule has 1 unspecified atom stereocenters. The molecule has 0 bridgehead atoms. The van der Waals surface area contributed by atoms with E-state index >= 15 is 0 Å². The molecular weight excluding hydrogens is 597 g/mol. The Morgan fingerprint density at radius 2 is 1.50 bits per heavy atom. The number of amides is 2. The summed E-state index contributed by atoms with van der Waals surface area (Å²) in [6, 6.07) is 18.5. The third-order valence-corrected chi connectivity index (χ3v) is 8.80. The van der Waals surface area contributed by atoms with Crippen LogP contribution in [0.4, 0.5) is 5.69 Å². The van der Waals surface area contributed by atoms with E-state index < -0.39 is 34.1 Å². The van der Waals surface area contributed by atoms with E-state index in [2.05, 4.69) is 5.32 Å². The highest BCUT2D eigenvalue weighted by Crippen LogP contribution is 2.33. The van der Waals surface area contributed by atoms with Gasteiger partial charge in [0.1, 0.15) is 18.3 Å². The fourth-order valence-electron chi connectivity index (χ4n) is 4.40. The Hall–Kier alpha value is -3.27. The van der Waals surface area contributed by atoms with Crippen LogP contribution >= 0.6 is 23.2 Å². The Morgan fingerprint density at radius 1 is 0.905 bits per heavy atom. The molecule has 0 saturated heterocycles. The van der Waals surface area contributed by atoms with Gasteiger partial charge in [-0.25, -0.2) is 8.42 Å². The highest BCUT2D eigenvalue weighted by Gasteiger charge is 2.36. The molecule has 3 rings (SSSR count). The highest BCUT2D eigenvalue weighted by molar-refractivity contribution is 7.92. The summed E-state index contributed by atoms with van der Waals surface area (Å²) >= 11 is 13.0. The predicted octanol–water partition coefficient (Wildman–Crippen LogP) is 6.31. The predicted molar refractivity (Wildman–Crippen MR) is 168 cm³/mol. The largest absolute Gasteiger partial charge is 0.492 e. The Labute approximate surface area is 258 Å². The third-order valence-electron chi connectivity index (χ3n) is 6.32. The first kappa shape index (κ1) is 33.2. The van der Waals surface area contributed by atoms with Gasteiger partial charge in [-0.1, -0.05) is 66.5 Å². The number of benzene rings is 3. The molecule has 0 aliphatic carbocycles. The van der Waals surface area contributed by atoms with Crippen molar-refractivity contribution in [3.8, 4) is 5.75 Å². The number of para-hydroxylation sites is 2. The summed E-state index contributed by atoms with van der Waals surface area (Å²) < 4.78 is 34.9. The summed E-state index contributed by atoms with van der Waals surface area (Å²) in [6.45, 7) is 8.65. The van der Waals surface area contributed by atoms with Crippen molar-refractivity contribution in [1.82, 2.24) is 10.2 Å². The minimum absolute atomic E-state index is 0.00215. The number of rotatable bonds is 12. The Bertz CT molecular complexity index is 1470. The first-order chi connectivity index (χ1) is 19.8.